The highest BCUT2D eigenvalue weighted by Crippen LogP contribution is 2.04. The summed E-state index contributed by atoms with van der Waals surface area (Å²) in [7, 11) is -1.35. The Hall–Kier alpha value is -1.03. The van der Waals surface area contributed by atoms with E-state index in [4.69, 9.17) is 9.62 Å². The van der Waals surface area contributed by atoms with Gasteiger partial charge in [0.1, 0.15) is 20.0 Å². The highest BCUT2D eigenvalue weighted by molar-refractivity contribution is 6.87. The van der Waals surface area contributed by atoms with Crippen LogP contribution in [0.5, 0.6) is 0 Å². The van der Waals surface area contributed by atoms with Gasteiger partial charge < -0.3 is 9.62 Å². The van der Waals surface area contributed by atoms with Crippen molar-refractivity contribution in [2.75, 3.05) is 0 Å². The fraction of sp³-hybridized carbons (Fsp3) is 0.375. The molecule has 0 spiro atoms. The molecule has 66 valence electrons. The Morgan fingerprint density at radius 1 is 1.42 bits per heavy atom. The lowest BCUT2D eigenvalue weighted by Crippen LogP contribution is -2.36. The van der Waals surface area contributed by atoms with Gasteiger partial charge in [-0.2, -0.15) is 0 Å². The van der Waals surface area contributed by atoms with Gasteiger partial charge in [-0.3, -0.25) is 0 Å². The predicted molar refractivity (Wildman–Crippen MR) is 51.1 cm³/mol. The van der Waals surface area contributed by atoms with Crippen LogP contribution in [0.25, 0.3) is 0 Å². The Morgan fingerprint density at radius 3 is 2.50 bits per heavy atom. The minimum atomic E-state index is -1.35. The molecule has 1 aromatic rings. The molecule has 0 radical (unpaired) electrons. The molecule has 1 aromatic heterocycles. The van der Waals surface area contributed by atoms with Crippen LogP contribution in [0.4, 0.5) is 0 Å². The highest BCUT2D eigenvalue weighted by Gasteiger charge is 2.20. The van der Waals surface area contributed by atoms with Gasteiger partial charge in [-0.25, -0.2) is 0 Å². The Morgan fingerprint density at radius 2 is 2.08 bits per heavy atom. The molecule has 0 fully saturated rings. The lowest BCUT2D eigenvalue weighted by molar-refractivity contribution is 0.321. The quantitative estimate of drug-likeness (QED) is 0.328. The van der Waals surface area contributed by atoms with Crippen LogP contribution in [0.3, 0.4) is 0 Å². The van der Waals surface area contributed by atoms with E-state index in [2.05, 4.69) is 24.8 Å². The summed E-state index contributed by atoms with van der Waals surface area (Å²) in [5.74, 6) is 0.606. The molecule has 1 N–H and O–H groups in total. The van der Waals surface area contributed by atoms with Gasteiger partial charge in [0, 0.05) is 0 Å². The molecule has 3 nitrogen and oxygen atoms in total. The third-order valence-electron chi connectivity index (χ3n) is 1.55. The Labute approximate surface area is 72.7 Å². The maximum Gasteiger partial charge on any atom is 0.147 e. The van der Waals surface area contributed by atoms with Crippen molar-refractivity contribution in [2.45, 2.75) is 19.6 Å². The number of oxime groups is 1. The minimum Gasteiger partial charge on any atom is -0.465 e. The van der Waals surface area contributed by atoms with E-state index >= 15 is 0 Å². The smallest absolute Gasteiger partial charge is 0.147 e. The second-order valence-corrected chi connectivity index (χ2v) is 8.69. The van der Waals surface area contributed by atoms with Crippen LogP contribution in [0.2, 0.25) is 19.6 Å². The maximum atomic E-state index is 8.25. The van der Waals surface area contributed by atoms with E-state index in [1.807, 2.05) is 12.1 Å². The number of hydrogen-bond donors (Lipinski definition) is 1. The minimum absolute atomic E-state index is 0.606. The average molecular weight is 183 g/mol. The topological polar surface area (TPSA) is 45.7 Å². The Bertz CT molecular complexity index is 285. The Kier molecular flexibility index (Phi) is 2.37. The molecule has 0 atom stereocenters. The molecule has 0 aromatic carbocycles. The van der Waals surface area contributed by atoms with Gasteiger partial charge in [0.15, 0.2) is 0 Å². The molecule has 1 rings (SSSR count). The van der Waals surface area contributed by atoms with Crippen LogP contribution in [-0.2, 0) is 0 Å². The number of rotatable bonds is 2. The van der Waals surface area contributed by atoms with Gasteiger partial charge in [-0.1, -0.05) is 24.8 Å². The molecule has 0 saturated heterocycles. The number of nitrogens with zero attached hydrogens (tertiary/aromatic N) is 1. The molecule has 4 heteroatoms. The van der Waals surface area contributed by atoms with E-state index in [9.17, 15) is 0 Å². The molecule has 0 amide bonds. The van der Waals surface area contributed by atoms with E-state index in [1.165, 1.54) is 6.21 Å². The van der Waals surface area contributed by atoms with E-state index in [-0.39, 0.29) is 0 Å². The first kappa shape index (κ1) is 9.06. The van der Waals surface area contributed by atoms with Crippen LogP contribution in [0.1, 0.15) is 5.76 Å². The summed E-state index contributed by atoms with van der Waals surface area (Å²) in [5, 5.41) is 12.2. The van der Waals surface area contributed by atoms with Gasteiger partial charge in [-0.15, -0.1) is 0 Å². The van der Waals surface area contributed by atoms with Crippen molar-refractivity contribution in [1.29, 1.82) is 0 Å². The molecular formula is C8H13NO2Si. The lowest BCUT2D eigenvalue weighted by atomic mass is 10.5. The van der Waals surface area contributed by atoms with Crippen molar-refractivity contribution in [3.05, 3.63) is 17.9 Å². The third-order valence-corrected chi connectivity index (χ3v) is 3.30. The zero-order valence-corrected chi connectivity index (χ0v) is 8.53. The number of hydrogen-bond acceptors (Lipinski definition) is 3. The fourth-order valence-electron chi connectivity index (χ4n) is 0.882. The summed E-state index contributed by atoms with van der Waals surface area (Å²) in [5.41, 5.74) is 0. The van der Waals surface area contributed by atoms with Gasteiger partial charge >= 0.3 is 0 Å². The molecule has 0 aliphatic rings. The monoisotopic (exact) mass is 183 g/mol. The fourth-order valence-corrected chi connectivity index (χ4v) is 1.89. The van der Waals surface area contributed by atoms with Gasteiger partial charge in [0.2, 0.25) is 0 Å². The van der Waals surface area contributed by atoms with Crippen molar-refractivity contribution in [3.63, 3.8) is 0 Å². The molecule has 0 aliphatic heterocycles. The summed E-state index contributed by atoms with van der Waals surface area (Å²) in [6, 6.07) is 3.76. The molecule has 12 heavy (non-hydrogen) atoms. The molecule has 1 heterocycles. The van der Waals surface area contributed by atoms with Crippen LogP contribution in [-0.4, -0.2) is 19.5 Å². The summed E-state index contributed by atoms with van der Waals surface area (Å²) in [4.78, 5) is 0. The van der Waals surface area contributed by atoms with Crippen molar-refractivity contribution >= 4 is 19.7 Å². The van der Waals surface area contributed by atoms with E-state index in [1.54, 1.807) is 0 Å². The van der Waals surface area contributed by atoms with Gasteiger partial charge in [-0.05, 0) is 12.1 Å². The zero-order chi connectivity index (χ0) is 9.19. The zero-order valence-electron chi connectivity index (χ0n) is 7.53. The SMILES string of the molecule is C[Si](C)(C)c1ccc(/C=N/O)o1. The third kappa shape index (κ3) is 1.98. The summed E-state index contributed by atoms with van der Waals surface area (Å²) in [6.07, 6.45) is 1.30. The first-order valence-corrected chi connectivity index (χ1v) is 7.32. The second kappa shape index (κ2) is 3.14. The lowest BCUT2D eigenvalue weighted by Gasteiger charge is -2.10. The van der Waals surface area contributed by atoms with Gasteiger partial charge in [0.05, 0.1) is 5.38 Å². The van der Waals surface area contributed by atoms with Crippen molar-refractivity contribution in [1.82, 2.24) is 0 Å². The summed E-state index contributed by atoms with van der Waals surface area (Å²) in [6.45, 7) is 6.60. The largest absolute Gasteiger partial charge is 0.465 e. The summed E-state index contributed by atoms with van der Waals surface area (Å²) >= 11 is 0. The predicted octanol–water partition coefficient (Wildman–Crippen LogP) is 1.63. The van der Waals surface area contributed by atoms with Crippen LogP contribution in [0, 0.1) is 0 Å². The van der Waals surface area contributed by atoms with E-state index < -0.39 is 8.07 Å². The highest BCUT2D eigenvalue weighted by atomic mass is 28.3. The maximum absolute atomic E-state index is 8.25. The first-order chi connectivity index (χ1) is 5.54. The van der Waals surface area contributed by atoms with Crippen molar-refractivity contribution < 1.29 is 9.62 Å². The second-order valence-electron chi connectivity index (χ2n) is 3.70. The summed E-state index contributed by atoms with van der Waals surface area (Å²) < 4.78 is 5.44. The standard InChI is InChI=1S/C8H13NO2Si/c1-12(2,3)8-5-4-7(11-8)6-9-10/h4-6,10H,1-3H3/b9-6+. The molecule has 0 unspecified atom stereocenters. The van der Waals surface area contributed by atoms with Crippen LogP contribution in [0.15, 0.2) is 21.7 Å². The molecule has 0 bridgehead atoms. The first-order valence-electron chi connectivity index (χ1n) is 3.82. The molecule has 0 saturated carbocycles. The normalized spacial score (nSPS) is 12.6. The average Bonchev–Trinajstić information content (AvgIpc) is 2.35. The van der Waals surface area contributed by atoms with Crippen molar-refractivity contribution in [2.24, 2.45) is 5.16 Å². The van der Waals surface area contributed by atoms with Crippen LogP contribution < -0.4 is 5.38 Å². The van der Waals surface area contributed by atoms with Crippen molar-refractivity contribution in [3.8, 4) is 0 Å². The molecule has 0 aliphatic carbocycles. The van der Waals surface area contributed by atoms with E-state index in [0.717, 1.165) is 5.38 Å². The van der Waals surface area contributed by atoms with Gasteiger partial charge in [0.25, 0.3) is 0 Å². The van der Waals surface area contributed by atoms with E-state index in [0.29, 0.717) is 5.76 Å². The molecular weight excluding hydrogens is 170 g/mol. The Balaban J connectivity index is 2.92. The van der Waals surface area contributed by atoms with Crippen LogP contribution >= 0.6 is 0 Å². The number of furan rings is 1.